The van der Waals surface area contributed by atoms with Crippen molar-refractivity contribution in [3.63, 3.8) is 0 Å². The predicted octanol–water partition coefficient (Wildman–Crippen LogP) is 3.02. The van der Waals surface area contributed by atoms with E-state index < -0.39 is 0 Å². The van der Waals surface area contributed by atoms with Gasteiger partial charge in [-0.2, -0.15) is 0 Å². The topological polar surface area (TPSA) is 24.9 Å². The van der Waals surface area contributed by atoms with Crippen molar-refractivity contribution >= 4 is 11.3 Å². The molecule has 2 nitrogen and oxygen atoms in total. The summed E-state index contributed by atoms with van der Waals surface area (Å²) in [4.78, 5) is 4.54. The first kappa shape index (κ1) is 12.2. The standard InChI is InChI=1S/C13H15FN2S/c1-9-7-10(3-4-12(9)14)13-16-11(8-17-13)5-6-15-2/h3-4,7-8,15H,5-6H2,1-2H3. The number of hydrogen-bond acceptors (Lipinski definition) is 3. The summed E-state index contributed by atoms with van der Waals surface area (Å²) in [6.07, 6.45) is 0.924. The highest BCUT2D eigenvalue weighted by Gasteiger charge is 2.06. The van der Waals surface area contributed by atoms with Crippen LogP contribution in [0.15, 0.2) is 23.6 Å². The molecule has 0 aliphatic rings. The third-order valence-corrected chi connectivity index (χ3v) is 3.53. The Bertz CT molecular complexity index is 508. The van der Waals surface area contributed by atoms with Gasteiger partial charge in [-0.05, 0) is 37.7 Å². The molecule has 1 heterocycles. The number of aromatic nitrogens is 1. The highest BCUT2D eigenvalue weighted by atomic mass is 32.1. The molecule has 0 unspecified atom stereocenters. The third kappa shape index (κ3) is 2.90. The summed E-state index contributed by atoms with van der Waals surface area (Å²) in [5.74, 6) is -0.166. The zero-order valence-electron chi connectivity index (χ0n) is 9.96. The van der Waals surface area contributed by atoms with Gasteiger partial charge in [-0.3, -0.25) is 0 Å². The number of halogens is 1. The van der Waals surface area contributed by atoms with Gasteiger partial charge in [-0.1, -0.05) is 0 Å². The van der Waals surface area contributed by atoms with E-state index in [0.717, 1.165) is 29.2 Å². The summed E-state index contributed by atoms with van der Waals surface area (Å²) in [6.45, 7) is 2.69. The summed E-state index contributed by atoms with van der Waals surface area (Å²) in [7, 11) is 1.93. The van der Waals surface area contributed by atoms with Gasteiger partial charge in [-0.15, -0.1) is 11.3 Å². The molecule has 0 spiro atoms. The molecule has 0 saturated carbocycles. The Kier molecular flexibility index (Phi) is 3.86. The van der Waals surface area contributed by atoms with Crippen LogP contribution >= 0.6 is 11.3 Å². The Labute approximate surface area is 105 Å². The van der Waals surface area contributed by atoms with Gasteiger partial charge >= 0.3 is 0 Å². The molecule has 0 bridgehead atoms. The van der Waals surface area contributed by atoms with Gasteiger partial charge < -0.3 is 5.32 Å². The van der Waals surface area contributed by atoms with E-state index in [4.69, 9.17) is 0 Å². The van der Waals surface area contributed by atoms with Crippen molar-refractivity contribution in [2.45, 2.75) is 13.3 Å². The molecule has 17 heavy (non-hydrogen) atoms. The number of nitrogens with one attached hydrogen (secondary N) is 1. The quantitative estimate of drug-likeness (QED) is 0.902. The fraction of sp³-hybridized carbons (Fsp3) is 0.308. The summed E-state index contributed by atoms with van der Waals surface area (Å²) in [5, 5.41) is 6.12. The van der Waals surface area contributed by atoms with Gasteiger partial charge in [-0.25, -0.2) is 9.37 Å². The SMILES string of the molecule is CNCCc1csc(-c2ccc(F)c(C)c2)n1. The molecule has 0 radical (unpaired) electrons. The molecular weight excluding hydrogens is 235 g/mol. The maximum Gasteiger partial charge on any atom is 0.126 e. The van der Waals surface area contributed by atoms with Crippen molar-refractivity contribution in [3.05, 3.63) is 40.7 Å². The van der Waals surface area contributed by atoms with E-state index in [0.29, 0.717) is 5.56 Å². The van der Waals surface area contributed by atoms with Crippen LogP contribution in [0.25, 0.3) is 10.6 Å². The van der Waals surface area contributed by atoms with Gasteiger partial charge in [0.25, 0.3) is 0 Å². The molecule has 4 heteroatoms. The van der Waals surface area contributed by atoms with Gasteiger partial charge in [0.2, 0.25) is 0 Å². The number of hydrogen-bond donors (Lipinski definition) is 1. The van der Waals surface area contributed by atoms with E-state index in [9.17, 15) is 4.39 Å². The molecule has 0 saturated heterocycles. The van der Waals surface area contributed by atoms with Crippen molar-refractivity contribution in [1.29, 1.82) is 0 Å². The smallest absolute Gasteiger partial charge is 0.126 e. The molecular formula is C13H15FN2S. The van der Waals surface area contributed by atoms with E-state index in [2.05, 4.69) is 15.7 Å². The number of likely N-dealkylation sites (N-methyl/N-ethyl adjacent to an activating group) is 1. The number of nitrogens with zero attached hydrogens (tertiary/aromatic N) is 1. The minimum absolute atomic E-state index is 0.166. The van der Waals surface area contributed by atoms with Gasteiger partial charge in [0.1, 0.15) is 10.8 Å². The highest BCUT2D eigenvalue weighted by Crippen LogP contribution is 2.25. The van der Waals surface area contributed by atoms with Crippen LogP contribution in [0.2, 0.25) is 0 Å². The molecule has 1 N–H and O–H groups in total. The maximum atomic E-state index is 13.2. The average molecular weight is 250 g/mol. The molecule has 0 fully saturated rings. The number of aryl methyl sites for hydroxylation is 1. The van der Waals surface area contributed by atoms with Crippen LogP contribution in [0.3, 0.4) is 0 Å². The van der Waals surface area contributed by atoms with E-state index in [-0.39, 0.29) is 5.82 Å². The fourth-order valence-corrected chi connectivity index (χ4v) is 2.44. The third-order valence-electron chi connectivity index (χ3n) is 2.59. The monoisotopic (exact) mass is 250 g/mol. The minimum atomic E-state index is -0.166. The predicted molar refractivity (Wildman–Crippen MR) is 69.9 cm³/mol. The molecule has 1 aromatic heterocycles. The van der Waals surface area contributed by atoms with Gasteiger partial charge in [0.05, 0.1) is 5.69 Å². The fourth-order valence-electron chi connectivity index (χ4n) is 1.59. The second kappa shape index (κ2) is 5.38. The summed E-state index contributed by atoms with van der Waals surface area (Å²) in [6, 6.07) is 5.12. The largest absolute Gasteiger partial charge is 0.319 e. The van der Waals surface area contributed by atoms with E-state index in [1.165, 1.54) is 6.07 Å². The lowest BCUT2D eigenvalue weighted by Gasteiger charge is -1.99. The van der Waals surface area contributed by atoms with Crippen LogP contribution < -0.4 is 5.32 Å². The highest BCUT2D eigenvalue weighted by molar-refractivity contribution is 7.13. The lowest BCUT2D eigenvalue weighted by Crippen LogP contribution is -2.10. The van der Waals surface area contributed by atoms with Gasteiger partial charge in [0.15, 0.2) is 0 Å². The summed E-state index contributed by atoms with van der Waals surface area (Å²) in [5.41, 5.74) is 2.74. The van der Waals surface area contributed by atoms with Crippen LogP contribution in [0.1, 0.15) is 11.3 Å². The van der Waals surface area contributed by atoms with E-state index in [1.54, 1.807) is 24.3 Å². The maximum absolute atomic E-state index is 13.2. The summed E-state index contributed by atoms with van der Waals surface area (Å²) >= 11 is 1.61. The first-order valence-electron chi connectivity index (χ1n) is 5.56. The van der Waals surface area contributed by atoms with Crippen LogP contribution in [-0.2, 0) is 6.42 Å². The molecule has 90 valence electrons. The first-order chi connectivity index (χ1) is 8.20. The molecule has 1 aromatic carbocycles. The Morgan fingerprint density at radius 1 is 1.41 bits per heavy atom. The Balaban J connectivity index is 2.21. The van der Waals surface area contributed by atoms with Crippen molar-refractivity contribution in [2.24, 2.45) is 0 Å². The lowest BCUT2D eigenvalue weighted by atomic mass is 10.1. The molecule has 2 rings (SSSR count). The second-order valence-corrected chi connectivity index (χ2v) is 4.82. The molecule has 0 aliphatic carbocycles. The van der Waals surface area contributed by atoms with E-state index in [1.807, 2.05) is 13.1 Å². The lowest BCUT2D eigenvalue weighted by molar-refractivity contribution is 0.619. The van der Waals surface area contributed by atoms with Crippen molar-refractivity contribution in [2.75, 3.05) is 13.6 Å². The summed E-state index contributed by atoms with van der Waals surface area (Å²) < 4.78 is 13.2. The normalized spacial score (nSPS) is 10.8. The zero-order chi connectivity index (χ0) is 12.3. The minimum Gasteiger partial charge on any atom is -0.319 e. The number of benzene rings is 1. The van der Waals surface area contributed by atoms with E-state index >= 15 is 0 Å². The van der Waals surface area contributed by atoms with Gasteiger partial charge in [0, 0.05) is 23.9 Å². The van der Waals surface area contributed by atoms with Crippen LogP contribution in [0.4, 0.5) is 4.39 Å². The number of thiazole rings is 1. The zero-order valence-corrected chi connectivity index (χ0v) is 10.8. The van der Waals surface area contributed by atoms with Crippen LogP contribution in [0, 0.1) is 12.7 Å². The van der Waals surface area contributed by atoms with Crippen molar-refractivity contribution in [3.8, 4) is 10.6 Å². The van der Waals surface area contributed by atoms with Crippen LogP contribution in [-0.4, -0.2) is 18.6 Å². The number of rotatable bonds is 4. The molecule has 0 aliphatic heterocycles. The molecule has 2 aromatic rings. The van der Waals surface area contributed by atoms with Crippen molar-refractivity contribution in [1.82, 2.24) is 10.3 Å². The Morgan fingerprint density at radius 2 is 2.24 bits per heavy atom. The van der Waals surface area contributed by atoms with Crippen molar-refractivity contribution < 1.29 is 4.39 Å². The van der Waals surface area contributed by atoms with Crippen LogP contribution in [0.5, 0.6) is 0 Å². The first-order valence-corrected chi connectivity index (χ1v) is 6.44. The Morgan fingerprint density at radius 3 is 2.94 bits per heavy atom. The molecule has 0 atom stereocenters. The average Bonchev–Trinajstić information content (AvgIpc) is 2.79. The Hall–Kier alpha value is -1.26. The second-order valence-electron chi connectivity index (χ2n) is 3.96. The molecule has 0 amide bonds.